The molecule has 18 heavy (non-hydrogen) atoms. The minimum absolute atomic E-state index is 0.205. The minimum Gasteiger partial charge on any atom is -0.497 e. The van der Waals surface area contributed by atoms with E-state index in [9.17, 15) is 0 Å². The zero-order chi connectivity index (χ0) is 12.4. The Morgan fingerprint density at radius 1 is 1.44 bits per heavy atom. The highest BCUT2D eigenvalue weighted by Gasteiger charge is 2.22. The van der Waals surface area contributed by atoms with Crippen LogP contribution in [0.25, 0.3) is 11.4 Å². The van der Waals surface area contributed by atoms with Gasteiger partial charge in [-0.3, -0.25) is 0 Å². The summed E-state index contributed by atoms with van der Waals surface area (Å²) in [6.45, 7) is 1.02. The lowest BCUT2D eigenvalue weighted by Gasteiger charge is -2.02. The summed E-state index contributed by atoms with van der Waals surface area (Å²) in [4.78, 5) is 4.44. The normalized spacial score (nSPS) is 19.1. The smallest absolute Gasteiger partial charge is 0.244 e. The lowest BCUT2D eigenvalue weighted by Crippen LogP contribution is -2.12. The molecule has 2 heterocycles. The van der Waals surface area contributed by atoms with E-state index in [2.05, 4.69) is 15.5 Å². The Kier molecular flexibility index (Phi) is 2.98. The molecule has 1 saturated heterocycles. The molecular formula is C13H15N3O2. The van der Waals surface area contributed by atoms with Crippen LogP contribution in [0.3, 0.4) is 0 Å². The average molecular weight is 245 g/mol. The predicted octanol–water partition coefficient (Wildman–Crippen LogP) is 2.17. The number of rotatable bonds is 3. The number of benzene rings is 1. The summed E-state index contributed by atoms with van der Waals surface area (Å²) in [6.07, 6.45) is 2.21. The van der Waals surface area contributed by atoms with Crippen LogP contribution in [0, 0.1) is 0 Å². The zero-order valence-electron chi connectivity index (χ0n) is 10.2. The van der Waals surface area contributed by atoms with Crippen LogP contribution < -0.4 is 10.1 Å². The molecule has 2 aromatic rings. The molecule has 1 aromatic carbocycles. The molecule has 5 nitrogen and oxygen atoms in total. The van der Waals surface area contributed by atoms with Gasteiger partial charge in [0.1, 0.15) is 5.75 Å². The summed E-state index contributed by atoms with van der Waals surface area (Å²) < 4.78 is 10.5. The molecule has 1 aliphatic rings. The molecule has 0 aliphatic carbocycles. The van der Waals surface area contributed by atoms with E-state index in [0.29, 0.717) is 11.7 Å². The number of nitrogens with zero attached hydrogens (tertiary/aromatic N) is 2. The summed E-state index contributed by atoms with van der Waals surface area (Å²) in [5.41, 5.74) is 0.905. The van der Waals surface area contributed by atoms with Crippen molar-refractivity contribution >= 4 is 0 Å². The Labute approximate surface area is 105 Å². The SMILES string of the molecule is COc1cccc(-c2noc(C3CCCN3)n2)c1. The van der Waals surface area contributed by atoms with Gasteiger partial charge in [0, 0.05) is 5.56 Å². The Morgan fingerprint density at radius 2 is 2.39 bits per heavy atom. The molecule has 1 fully saturated rings. The number of nitrogens with one attached hydrogen (secondary N) is 1. The van der Waals surface area contributed by atoms with Crippen molar-refractivity contribution < 1.29 is 9.26 Å². The lowest BCUT2D eigenvalue weighted by molar-refractivity contribution is 0.345. The van der Waals surface area contributed by atoms with E-state index in [1.807, 2.05) is 24.3 Å². The second kappa shape index (κ2) is 4.78. The Morgan fingerprint density at radius 3 is 3.17 bits per heavy atom. The highest BCUT2D eigenvalue weighted by Crippen LogP contribution is 2.25. The van der Waals surface area contributed by atoms with Crippen molar-refractivity contribution in [1.82, 2.24) is 15.5 Å². The first kappa shape index (κ1) is 11.2. The van der Waals surface area contributed by atoms with E-state index >= 15 is 0 Å². The summed E-state index contributed by atoms with van der Waals surface area (Å²) in [7, 11) is 1.64. The summed E-state index contributed by atoms with van der Waals surface area (Å²) in [5.74, 6) is 2.07. The minimum atomic E-state index is 0.205. The van der Waals surface area contributed by atoms with Crippen LogP contribution in [0.2, 0.25) is 0 Å². The third kappa shape index (κ3) is 2.09. The van der Waals surface area contributed by atoms with Crippen molar-refractivity contribution in [3.63, 3.8) is 0 Å². The number of hydrogen-bond acceptors (Lipinski definition) is 5. The number of methoxy groups -OCH3 is 1. The fourth-order valence-electron chi connectivity index (χ4n) is 2.15. The van der Waals surface area contributed by atoms with Gasteiger partial charge in [-0.2, -0.15) is 4.98 Å². The van der Waals surface area contributed by atoms with Gasteiger partial charge in [0.2, 0.25) is 11.7 Å². The largest absolute Gasteiger partial charge is 0.497 e. The molecule has 1 unspecified atom stereocenters. The molecule has 1 atom stereocenters. The van der Waals surface area contributed by atoms with Gasteiger partial charge in [-0.05, 0) is 31.5 Å². The van der Waals surface area contributed by atoms with E-state index in [0.717, 1.165) is 30.7 Å². The van der Waals surface area contributed by atoms with Crippen LogP contribution in [0.5, 0.6) is 5.75 Å². The molecule has 1 aromatic heterocycles. The topological polar surface area (TPSA) is 60.2 Å². The van der Waals surface area contributed by atoms with Crippen LogP contribution in [-0.2, 0) is 0 Å². The highest BCUT2D eigenvalue weighted by atomic mass is 16.5. The Bertz CT molecular complexity index is 533. The first-order valence-electron chi connectivity index (χ1n) is 6.08. The van der Waals surface area contributed by atoms with Crippen LogP contribution >= 0.6 is 0 Å². The molecule has 0 amide bonds. The third-order valence-corrected chi connectivity index (χ3v) is 3.13. The monoisotopic (exact) mass is 245 g/mol. The van der Waals surface area contributed by atoms with Gasteiger partial charge in [0.25, 0.3) is 0 Å². The summed E-state index contributed by atoms with van der Waals surface area (Å²) in [6, 6.07) is 7.86. The summed E-state index contributed by atoms with van der Waals surface area (Å²) >= 11 is 0. The van der Waals surface area contributed by atoms with Crippen molar-refractivity contribution in [1.29, 1.82) is 0 Å². The maximum atomic E-state index is 5.31. The molecule has 94 valence electrons. The molecule has 0 spiro atoms. The van der Waals surface area contributed by atoms with Gasteiger partial charge in [-0.25, -0.2) is 0 Å². The number of ether oxygens (including phenoxy) is 1. The summed E-state index contributed by atoms with van der Waals surface area (Å²) in [5, 5.41) is 7.36. The third-order valence-electron chi connectivity index (χ3n) is 3.13. The molecule has 0 saturated carbocycles. The lowest BCUT2D eigenvalue weighted by atomic mass is 10.2. The highest BCUT2D eigenvalue weighted by molar-refractivity contribution is 5.56. The molecule has 3 rings (SSSR count). The van der Waals surface area contributed by atoms with E-state index in [-0.39, 0.29) is 6.04 Å². The van der Waals surface area contributed by atoms with Gasteiger partial charge in [0.15, 0.2) is 0 Å². The van der Waals surface area contributed by atoms with Crippen molar-refractivity contribution in [3.05, 3.63) is 30.2 Å². The maximum absolute atomic E-state index is 5.31. The predicted molar refractivity (Wildman–Crippen MR) is 66.3 cm³/mol. The molecular weight excluding hydrogens is 230 g/mol. The maximum Gasteiger partial charge on any atom is 0.244 e. The van der Waals surface area contributed by atoms with Gasteiger partial charge in [-0.1, -0.05) is 17.3 Å². The Hall–Kier alpha value is -1.88. The standard InChI is InChI=1S/C13H15N3O2/c1-17-10-5-2-4-9(8-10)12-15-13(18-16-12)11-6-3-7-14-11/h2,4-5,8,11,14H,3,6-7H2,1H3. The average Bonchev–Trinajstić information content (AvgIpc) is 3.09. The van der Waals surface area contributed by atoms with E-state index in [1.165, 1.54) is 0 Å². The first-order valence-corrected chi connectivity index (χ1v) is 6.08. The van der Waals surface area contributed by atoms with Crippen molar-refractivity contribution in [2.45, 2.75) is 18.9 Å². The van der Waals surface area contributed by atoms with Crippen molar-refractivity contribution in [3.8, 4) is 17.1 Å². The van der Waals surface area contributed by atoms with Gasteiger partial charge >= 0.3 is 0 Å². The van der Waals surface area contributed by atoms with E-state index in [1.54, 1.807) is 7.11 Å². The second-order valence-corrected chi connectivity index (χ2v) is 4.34. The first-order chi connectivity index (χ1) is 8.86. The zero-order valence-corrected chi connectivity index (χ0v) is 10.2. The van der Waals surface area contributed by atoms with E-state index < -0.39 is 0 Å². The molecule has 0 radical (unpaired) electrons. The number of aromatic nitrogens is 2. The second-order valence-electron chi connectivity index (χ2n) is 4.34. The van der Waals surface area contributed by atoms with Crippen LogP contribution in [-0.4, -0.2) is 23.8 Å². The molecule has 0 bridgehead atoms. The van der Waals surface area contributed by atoms with Crippen LogP contribution in [0.15, 0.2) is 28.8 Å². The van der Waals surface area contributed by atoms with Gasteiger partial charge in [0.05, 0.1) is 13.2 Å². The van der Waals surface area contributed by atoms with Crippen LogP contribution in [0.1, 0.15) is 24.8 Å². The van der Waals surface area contributed by atoms with Crippen LogP contribution in [0.4, 0.5) is 0 Å². The molecule has 1 N–H and O–H groups in total. The Balaban J connectivity index is 1.87. The quantitative estimate of drug-likeness (QED) is 0.898. The van der Waals surface area contributed by atoms with E-state index in [4.69, 9.17) is 9.26 Å². The molecule has 1 aliphatic heterocycles. The van der Waals surface area contributed by atoms with Gasteiger partial charge in [-0.15, -0.1) is 0 Å². The van der Waals surface area contributed by atoms with Gasteiger partial charge < -0.3 is 14.6 Å². The fraction of sp³-hybridized carbons (Fsp3) is 0.385. The number of hydrogen-bond donors (Lipinski definition) is 1. The van der Waals surface area contributed by atoms with Crippen molar-refractivity contribution in [2.24, 2.45) is 0 Å². The van der Waals surface area contributed by atoms with Crippen molar-refractivity contribution in [2.75, 3.05) is 13.7 Å². The fourth-order valence-corrected chi connectivity index (χ4v) is 2.15. The molecule has 5 heteroatoms.